The summed E-state index contributed by atoms with van der Waals surface area (Å²) in [5.74, 6) is -0.258. The molecule has 3 heteroatoms. The summed E-state index contributed by atoms with van der Waals surface area (Å²) in [6.45, 7) is 0. The first-order chi connectivity index (χ1) is 6.33. The molecule has 2 aromatic rings. The van der Waals surface area contributed by atoms with Gasteiger partial charge in [-0.1, -0.05) is 24.3 Å². The first kappa shape index (κ1) is 8.26. The minimum Gasteiger partial charge on any atom is -0.465 e. The van der Waals surface area contributed by atoms with Gasteiger partial charge in [0, 0.05) is 5.39 Å². The standard InChI is InChI=1S/C10H8O2S/c1-12-10(11)9-8-5-3-2-4-7(8)6-13-9/h2-6H,1H3. The molecule has 13 heavy (non-hydrogen) atoms. The van der Waals surface area contributed by atoms with E-state index in [9.17, 15) is 4.79 Å². The molecular weight excluding hydrogens is 184 g/mol. The fraction of sp³-hybridized carbons (Fsp3) is 0.100. The Kier molecular flexibility index (Phi) is 2.02. The molecule has 2 rings (SSSR count). The highest BCUT2D eigenvalue weighted by Gasteiger charge is 2.11. The third-order valence-electron chi connectivity index (χ3n) is 1.88. The van der Waals surface area contributed by atoms with Crippen LogP contribution in [0.4, 0.5) is 0 Å². The Morgan fingerprint density at radius 3 is 2.92 bits per heavy atom. The van der Waals surface area contributed by atoms with Crippen molar-refractivity contribution in [2.45, 2.75) is 0 Å². The van der Waals surface area contributed by atoms with Crippen molar-refractivity contribution in [1.29, 1.82) is 0 Å². The van der Waals surface area contributed by atoms with Crippen molar-refractivity contribution in [2.24, 2.45) is 0 Å². The quantitative estimate of drug-likeness (QED) is 0.649. The summed E-state index contributed by atoms with van der Waals surface area (Å²) in [7, 11) is 1.40. The van der Waals surface area contributed by atoms with Crippen LogP contribution >= 0.6 is 11.3 Å². The van der Waals surface area contributed by atoms with Gasteiger partial charge in [0.05, 0.1) is 7.11 Å². The lowest BCUT2D eigenvalue weighted by Crippen LogP contribution is -1.97. The van der Waals surface area contributed by atoms with Crippen molar-refractivity contribution in [3.63, 3.8) is 0 Å². The number of esters is 1. The average Bonchev–Trinajstić information content (AvgIpc) is 2.60. The predicted octanol–water partition coefficient (Wildman–Crippen LogP) is 2.69. The smallest absolute Gasteiger partial charge is 0.348 e. The molecule has 1 aromatic carbocycles. The summed E-state index contributed by atoms with van der Waals surface area (Å²) in [5.41, 5.74) is 0. The molecule has 0 radical (unpaired) electrons. The second-order valence-electron chi connectivity index (χ2n) is 2.64. The van der Waals surface area contributed by atoms with E-state index >= 15 is 0 Å². The molecule has 0 aliphatic carbocycles. The van der Waals surface area contributed by atoms with Crippen LogP contribution in [0, 0.1) is 0 Å². The van der Waals surface area contributed by atoms with E-state index in [0.29, 0.717) is 4.88 Å². The molecule has 0 fully saturated rings. The van der Waals surface area contributed by atoms with E-state index in [1.165, 1.54) is 18.4 Å². The van der Waals surface area contributed by atoms with Gasteiger partial charge in [-0.2, -0.15) is 0 Å². The molecule has 66 valence electrons. The molecular formula is C10H8O2S. The van der Waals surface area contributed by atoms with Gasteiger partial charge in [-0.3, -0.25) is 0 Å². The zero-order valence-electron chi connectivity index (χ0n) is 7.11. The van der Waals surface area contributed by atoms with Crippen LogP contribution in [0.3, 0.4) is 0 Å². The van der Waals surface area contributed by atoms with Gasteiger partial charge < -0.3 is 4.74 Å². The zero-order chi connectivity index (χ0) is 9.26. The van der Waals surface area contributed by atoms with E-state index in [1.807, 2.05) is 29.6 Å². The van der Waals surface area contributed by atoms with Gasteiger partial charge in [0.1, 0.15) is 4.88 Å². The van der Waals surface area contributed by atoms with E-state index in [4.69, 9.17) is 0 Å². The van der Waals surface area contributed by atoms with Crippen molar-refractivity contribution < 1.29 is 9.53 Å². The molecule has 0 aliphatic heterocycles. The van der Waals surface area contributed by atoms with Crippen molar-refractivity contribution in [3.05, 3.63) is 34.5 Å². The molecule has 0 unspecified atom stereocenters. The molecule has 0 spiro atoms. The predicted molar refractivity (Wildman–Crippen MR) is 53.2 cm³/mol. The number of carbonyl (C=O) groups is 1. The SMILES string of the molecule is COC(=O)c1scc2ccccc12. The number of hydrogen-bond acceptors (Lipinski definition) is 3. The Labute approximate surface area is 79.8 Å². The number of hydrogen-bond donors (Lipinski definition) is 0. The van der Waals surface area contributed by atoms with Gasteiger partial charge in [0.2, 0.25) is 0 Å². The van der Waals surface area contributed by atoms with Gasteiger partial charge in [-0.25, -0.2) is 4.79 Å². The highest BCUT2D eigenvalue weighted by Crippen LogP contribution is 2.25. The van der Waals surface area contributed by atoms with Crippen molar-refractivity contribution >= 4 is 28.1 Å². The van der Waals surface area contributed by atoms with Crippen molar-refractivity contribution in [3.8, 4) is 0 Å². The molecule has 0 N–H and O–H groups in total. The summed E-state index contributed by atoms with van der Waals surface area (Å²) in [5, 5.41) is 4.02. The van der Waals surface area contributed by atoms with Gasteiger partial charge in [-0.15, -0.1) is 11.3 Å². The maximum Gasteiger partial charge on any atom is 0.348 e. The zero-order valence-corrected chi connectivity index (χ0v) is 7.93. The Balaban J connectivity index is 2.64. The molecule has 0 saturated heterocycles. The van der Waals surface area contributed by atoms with Crippen LogP contribution in [0.25, 0.3) is 10.8 Å². The summed E-state index contributed by atoms with van der Waals surface area (Å²) >= 11 is 1.42. The van der Waals surface area contributed by atoms with Crippen molar-refractivity contribution in [1.82, 2.24) is 0 Å². The molecule has 1 heterocycles. The Morgan fingerprint density at radius 2 is 2.15 bits per heavy atom. The van der Waals surface area contributed by atoms with E-state index in [1.54, 1.807) is 0 Å². The normalized spacial score (nSPS) is 10.2. The molecule has 1 aromatic heterocycles. The Morgan fingerprint density at radius 1 is 1.38 bits per heavy atom. The van der Waals surface area contributed by atoms with Crippen molar-refractivity contribution in [2.75, 3.05) is 7.11 Å². The maximum atomic E-state index is 11.3. The largest absolute Gasteiger partial charge is 0.465 e. The van der Waals surface area contributed by atoms with Crippen LogP contribution < -0.4 is 0 Å². The number of benzene rings is 1. The minimum absolute atomic E-state index is 0.258. The van der Waals surface area contributed by atoms with Crippen LogP contribution in [0.5, 0.6) is 0 Å². The second kappa shape index (κ2) is 3.18. The first-order valence-corrected chi connectivity index (χ1v) is 4.75. The lowest BCUT2D eigenvalue weighted by atomic mass is 10.2. The average molecular weight is 192 g/mol. The second-order valence-corrected chi connectivity index (χ2v) is 3.52. The molecule has 0 aliphatic rings. The molecule has 0 bridgehead atoms. The highest BCUT2D eigenvalue weighted by atomic mass is 32.1. The third kappa shape index (κ3) is 1.31. The number of fused-ring (bicyclic) bond motifs is 1. The number of rotatable bonds is 1. The monoisotopic (exact) mass is 192 g/mol. The summed E-state index contributed by atoms with van der Waals surface area (Å²) in [6, 6.07) is 7.79. The lowest BCUT2D eigenvalue weighted by Gasteiger charge is -1.95. The van der Waals surface area contributed by atoms with E-state index < -0.39 is 0 Å². The van der Waals surface area contributed by atoms with Crippen LogP contribution in [0.2, 0.25) is 0 Å². The van der Waals surface area contributed by atoms with Gasteiger partial charge in [-0.05, 0) is 10.8 Å². The van der Waals surface area contributed by atoms with E-state index in [2.05, 4.69) is 4.74 Å². The van der Waals surface area contributed by atoms with E-state index in [-0.39, 0.29) is 5.97 Å². The lowest BCUT2D eigenvalue weighted by molar-refractivity contribution is 0.0608. The molecule has 0 saturated carbocycles. The van der Waals surface area contributed by atoms with E-state index in [0.717, 1.165) is 10.8 Å². The number of ether oxygens (including phenoxy) is 1. The number of thiophene rings is 1. The maximum absolute atomic E-state index is 11.3. The summed E-state index contributed by atoms with van der Waals surface area (Å²) in [6.07, 6.45) is 0. The van der Waals surface area contributed by atoms with Crippen LogP contribution in [-0.2, 0) is 4.74 Å². The van der Waals surface area contributed by atoms with Gasteiger partial charge >= 0.3 is 5.97 Å². The van der Waals surface area contributed by atoms with Crippen LogP contribution in [0.1, 0.15) is 9.67 Å². The van der Waals surface area contributed by atoms with Crippen LogP contribution in [0.15, 0.2) is 29.6 Å². The molecule has 0 atom stereocenters. The first-order valence-electron chi connectivity index (χ1n) is 3.87. The third-order valence-corrected chi connectivity index (χ3v) is 2.87. The van der Waals surface area contributed by atoms with Gasteiger partial charge in [0.15, 0.2) is 0 Å². The topological polar surface area (TPSA) is 26.3 Å². The Bertz CT molecular complexity index is 445. The summed E-state index contributed by atoms with van der Waals surface area (Å²) < 4.78 is 4.67. The molecule has 0 amide bonds. The number of carbonyl (C=O) groups excluding carboxylic acids is 1. The minimum atomic E-state index is -0.258. The van der Waals surface area contributed by atoms with Crippen LogP contribution in [-0.4, -0.2) is 13.1 Å². The molecule has 2 nitrogen and oxygen atoms in total. The Hall–Kier alpha value is -1.35. The number of methoxy groups -OCH3 is 1. The fourth-order valence-electron chi connectivity index (χ4n) is 1.24. The highest BCUT2D eigenvalue weighted by molar-refractivity contribution is 7.13. The summed E-state index contributed by atoms with van der Waals surface area (Å²) in [4.78, 5) is 12.0. The fourth-order valence-corrected chi connectivity index (χ4v) is 2.19. The van der Waals surface area contributed by atoms with Gasteiger partial charge in [0.25, 0.3) is 0 Å².